The van der Waals surface area contributed by atoms with Crippen LogP contribution in [0.3, 0.4) is 0 Å². The van der Waals surface area contributed by atoms with Gasteiger partial charge in [-0.15, -0.1) is 0 Å². The lowest BCUT2D eigenvalue weighted by Crippen LogP contribution is -2.31. The topological polar surface area (TPSA) is 97.4 Å². The van der Waals surface area contributed by atoms with Crippen molar-refractivity contribution < 1.29 is 14.0 Å². The van der Waals surface area contributed by atoms with E-state index >= 15 is 0 Å². The highest BCUT2D eigenvalue weighted by Gasteiger charge is 2.23. The number of fused-ring (bicyclic) bond motifs is 1. The molecular formula is C27H26N4O4. The van der Waals surface area contributed by atoms with E-state index in [1.807, 2.05) is 57.2 Å². The summed E-state index contributed by atoms with van der Waals surface area (Å²) >= 11 is 0. The molecule has 0 radical (unpaired) electrons. The molecule has 35 heavy (non-hydrogen) atoms. The first-order valence-electron chi connectivity index (χ1n) is 11.4. The number of para-hydroxylation sites is 1. The van der Waals surface area contributed by atoms with Crippen LogP contribution in [0, 0.1) is 6.92 Å². The van der Waals surface area contributed by atoms with Crippen molar-refractivity contribution >= 4 is 34.7 Å². The second kappa shape index (κ2) is 10.2. The molecule has 0 unspecified atom stereocenters. The van der Waals surface area contributed by atoms with Gasteiger partial charge in [-0.25, -0.2) is 4.68 Å². The maximum atomic E-state index is 13.1. The van der Waals surface area contributed by atoms with Gasteiger partial charge in [0.05, 0.1) is 22.8 Å². The number of anilines is 1. The van der Waals surface area contributed by atoms with Gasteiger partial charge in [0.25, 0.3) is 5.91 Å². The maximum absolute atomic E-state index is 13.1. The third kappa shape index (κ3) is 4.91. The Labute approximate surface area is 202 Å². The van der Waals surface area contributed by atoms with E-state index in [4.69, 9.17) is 4.42 Å². The van der Waals surface area contributed by atoms with E-state index in [0.717, 1.165) is 5.56 Å². The lowest BCUT2D eigenvalue weighted by Gasteiger charge is -2.19. The fourth-order valence-electron chi connectivity index (χ4n) is 3.77. The molecule has 0 spiro atoms. The molecule has 2 aromatic heterocycles. The Hall–Kier alpha value is -4.46. The van der Waals surface area contributed by atoms with Crippen molar-refractivity contribution in [3.8, 4) is 5.69 Å². The lowest BCUT2D eigenvalue weighted by molar-refractivity contribution is -0.111. The predicted molar refractivity (Wildman–Crippen MR) is 136 cm³/mol. The Kier molecular flexibility index (Phi) is 6.91. The smallest absolute Gasteiger partial charge is 0.259 e. The second-order valence-electron chi connectivity index (χ2n) is 7.97. The number of nitrogens with one attached hydrogen (secondary N) is 1. The summed E-state index contributed by atoms with van der Waals surface area (Å²) in [6.45, 7) is 6.72. The van der Waals surface area contributed by atoms with Crippen molar-refractivity contribution in [1.29, 1.82) is 0 Å². The number of aryl methyl sites for hydroxylation is 1. The average Bonchev–Trinajstić information content (AvgIpc) is 3.28. The first-order valence-corrected chi connectivity index (χ1v) is 11.4. The zero-order valence-electron chi connectivity index (χ0n) is 19.8. The van der Waals surface area contributed by atoms with E-state index in [0.29, 0.717) is 29.7 Å². The number of hydrogen-bond donors (Lipinski definition) is 1. The molecule has 2 amide bonds. The Balaban J connectivity index is 1.67. The second-order valence-corrected chi connectivity index (χ2v) is 7.97. The van der Waals surface area contributed by atoms with Gasteiger partial charge in [-0.05, 0) is 51.1 Å². The van der Waals surface area contributed by atoms with Gasteiger partial charge in [-0.3, -0.25) is 14.4 Å². The fraction of sp³-hybridized carbons (Fsp3) is 0.185. The maximum Gasteiger partial charge on any atom is 0.259 e. The highest BCUT2D eigenvalue weighted by molar-refractivity contribution is 6.07. The van der Waals surface area contributed by atoms with Crippen LogP contribution >= 0.6 is 0 Å². The van der Waals surface area contributed by atoms with Crippen molar-refractivity contribution in [2.75, 3.05) is 18.4 Å². The highest BCUT2D eigenvalue weighted by Crippen LogP contribution is 2.22. The highest BCUT2D eigenvalue weighted by atomic mass is 16.3. The van der Waals surface area contributed by atoms with Crippen LogP contribution in [-0.2, 0) is 4.79 Å². The van der Waals surface area contributed by atoms with Gasteiger partial charge in [-0.1, -0.05) is 29.8 Å². The summed E-state index contributed by atoms with van der Waals surface area (Å²) in [5.41, 5.74) is 2.40. The molecular weight excluding hydrogens is 444 g/mol. The summed E-state index contributed by atoms with van der Waals surface area (Å²) in [4.78, 5) is 40.4. The van der Waals surface area contributed by atoms with Crippen molar-refractivity contribution in [3.63, 3.8) is 0 Å². The molecule has 8 heteroatoms. The van der Waals surface area contributed by atoms with Crippen LogP contribution < -0.4 is 10.7 Å². The quantitative estimate of drug-likeness (QED) is 0.403. The monoisotopic (exact) mass is 470 g/mol. The predicted octanol–water partition coefficient (Wildman–Crippen LogP) is 4.42. The lowest BCUT2D eigenvalue weighted by atomic mass is 10.1. The number of benzene rings is 2. The Morgan fingerprint density at radius 2 is 1.86 bits per heavy atom. The molecule has 0 aliphatic heterocycles. The molecule has 0 aliphatic rings. The van der Waals surface area contributed by atoms with Crippen LogP contribution in [-0.4, -0.2) is 39.6 Å². The van der Waals surface area contributed by atoms with Crippen LogP contribution in [0.2, 0.25) is 0 Å². The standard InChI is InChI=1S/C27H26N4O4/c1-4-30(5-2)27(34)22-16-28-31(20-9-7-6-8-10-20)26(22)29-24(32)14-12-19-17-35-23-13-11-18(3)15-21(23)25(19)33/h6-17H,4-5H2,1-3H3,(H,29,32)/b14-12+. The van der Waals surface area contributed by atoms with Gasteiger partial charge in [0.2, 0.25) is 5.91 Å². The number of aromatic nitrogens is 2. The summed E-state index contributed by atoms with van der Waals surface area (Å²) in [7, 11) is 0. The summed E-state index contributed by atoms with van der Waals surface area (Å²) in [5, 5.41) is 7.57. The summed E-state index contributed by atoms with van der Waals surface area (Å²) in [5.74, 6) is -0.494. The minimum absolute atomic E-state index is 0.231. The summed E-state index contributed by atoms with van der Waals surface area (Å²) in [6, 6.07) is 14.6. The zero-order chi connectivity index (χ0) is 24.9. The zero-order valence-corrected chi connectivity index (χ0v) is 19.8. The van der Waals surface area contributed by atoms with Crippen LogP contribution in [0.1, 0.15) is 35.3 Å². The average molecular weight is 471 g/mol. The Morgan fingerprint density at radius 3 is 2.57 bits per heavy atom. The van der Waals surface area contributed by atoms with Gasteiger partial charge in [0, 0.05) is 19.2 Å². The van der Waals surface area contributed by atoms with E-state index < -0.39 is 5.91 Å². The van der Waals surface area contributed by atoms with Crippen molar-refractivity contribution in [2.45, 2.75) is 20.8 Å². The number of nitrogens with zero attached hydrogens (tertiary/aromatic N) is 3. The van der Waals surface area contributed by atoms with Gasteiger partial charge >= 0.3 is 0 Å². The SMILES string of the molecule is CCN(CC)C(=O)c1cnn(-c2ccccc2)c1NC(=O)/C=C/c1coc2ccc(C)cc2c1=O. The van der Waals surface area contributed by atoms with Crippen LogP contribution in [0.15, 0.2) is 76.3 Å². The van der Waals surface area contributed by atoms with Crippen LogP contribution in [0.5, 0.6) is 0 Å². The molecule has 0 fully saturated rings. The Morgan fingerprint density at radius 1 is 1.11 bits per heavy atom. The first-order chi connectivity index (χ1) is 16.9. The van der Waals surface area contributed by atoms with Gasteiger partial charge in [0.1, 0.15) is 23.2 Å². The fourth-order valence-corrected chi connectivity index (χ4v) is 3.77. The van der Waals surface area contributed by atoms with Gasteiger partial charge in [0.15, 0.2) is 5.43 Å². The molecule has 4 rings (SSSR count). The third-order valence-corrected chi connectivity index (χ3v) is 5.66. The van der Waals surface area contributed by atoms with E-state index in [9.17, 15) is 14.4 Å². The number of hydrogen-bond acceptors (Lipinski definition) is 5. The molecule has 8 nitrogen and oxygen atoms in total. The van der Waals surface area contributed by atoms with Crippen molar-refractivity contribution in [3.05, 3.63) is 94.0 Å². The molecule has 0 bridgehead atoms. The molecule has 0 atom stereocenters. The van der Waals surface area contributed by atoms with E-state index in [2.05, 4.69) is 10.4 Å². The third-order valence-electron chi connectivity index (χ3n) is 5.66. The number of amides is 2. The summed E-state index contributed by atoms with van der Waals surface area (Å²) in [6.07, 6.45) is 5.42. The molecule has 2 aromatic carbocycles. The van der Waals surface area contributed by atoms with Crippen LogP contribution in [0.4, 0.5) is 5.82 Å². The number of carbonyl (C=O) groups excluding carboxylic acids is 2. The molecule has 2 heterocycles. The van der Waals surface area contributed by atoms with Gasteiger partial charge < -0.3 is 14.6 Å². The number of carbonyl (C=O) groups is 2. The molecule has 4 aromatic rings. The molecule has 1 N–H and O–H groups in total. The van der Waals surface area contributed by atoms with Crippen LogP contribution in [0.25, 0.3) is 22.7 Å². The summed E-state index contributed by atoms with van der Waals surface area (Å²) < 4.78 is 7.06. The molecule has 0 saturated carbocycles. The van der Waals surface area contributed by atoms with Crippen molar-refractivity contribution in [2.24, 2.45) is 0 Å². The largest absolute Gasteiger partial charge is 0.463 e. The molecule has 178 valence electrons. The number of rotatable bonds is 7. The van der Waals surface area contributed by atoms with E-state index in [-0.39, 0.29) is 28.3 Å². The van der Waals surface area contributed by atoms with Gasteiger partial charge in [-0.2, -0.15) is 5.10 Å². The minimum atomic E-state index is -0.514. The van der Waals surface area contributed by atoms with Crippen molar-refractivity contribution in [1.82, 2.24) is 14.7 Å². The Bertz CT molecular complexity index is 1460. The molecule has 0 saturated heterocycles. The van der Waals surface area contributed by atoms with E-state index in [1.54, 1.807) is 17.0 Å². The minimum Gasteiger partial charge on any atom is -0.463 e. The van der Waals surface area contributed by atoms with E-state index in [1.165, 1.54) is 29.3 Å². The normalized spacial score (nSPS) is 11.2. The molecule has 0 aliphatic carbocycles. The first kappa shape index (κ1) is 23.7.